The van der Waals surface area contributed by atoms with E-state index in [9.17, 15) is 9.59 Å². The van der Waals surface area contributed by atoms with Crippen molar-refractivity contribution in [1.82, 2.24) is 0 Å². The second-order valence-electron chi connectivity index (χ2n) is 4.83. The Morgan fingerprint density at radius 2 is 1.00 bits per heavy atom. The maximum atomic E-state index is 11.6. The molecule has 21 heavy (non-hydrogen) atoms. The average molecular weight is 316 g/mol. The molecule has 2 aromatic carbocycles. The van der Waals surface area contributed by atoms with Crippen LogP contribution in [0.4, 0.5) is 0 Å². The fourth-order valence-electron chi connectivity index (χ4n) is 2.09. The molecule has 0 aromatic heterocycles. The van der Waals surface area contributed by atoms with Crippen LogP contribution in [0.1, 0.15) is 31.8 Å². The van der Waals surface area contributed by atoms with Crippen LogP contribution in [0.3, 0.4) is 0 Å². The van der Waals surface area contributed by atoms with Crippen LogP contribution in [0.25, 0.3) is 0 Å². The number of hydrogen-bond acceptors (Lipinski definition) is 2. The molecule has 2 unspecified atom stereocenters. The van der Waals surface area contributed by atoms with Gasteiger partial charge in [0, 0.05) is 23.5 Å². The Morgan fingerprint density at radius 1 is 0.667 bits per heavy atom. The van der Waals surface area contributed by atoms with Crippen LogP contribution in [0.5, 0.6) is 0 Å². The van der Waals surface area contributed by atoms with Crippen molar-refractivity contribution in [1.29, 1.82) is 0 Å². The van der Waals surface area contributed by atoms with Crippen LogP contribution in [0.2, 0.25) is 0 Å². The van der Waals surface area contributed by atoms with E-state index >= 15 is 0 Å². The molecule has 2 aromatic rings. The van der Waals surface area contributed by atoms with Gasteiger partial charge < -0.3 is 0 Å². The van der Waals surface area contributed by atoms with Gasteiger partial charge in [-0.3, -0.25) is 9.59 Å². The SMILES string of the molecule is O=C(CP)c1ccc(Cc2ccc(C(=O)CP)cc2)cc1. The van der Waals surface area contributed by atoms with Crippen LogP contribution in [0, 0.1) is 0 Å². The molecular weight excluding hydrogens is 298 g/mol. The Labute approximate surface area is 129 Å². The summed E-state index contributed by atoms with van der Waals surface area (Å²) >= 11 is 0. The highest BCUT2D eigenvalue weighted by Gasteiger charge is 2.05. The summed E-state index contributed by atoms with van der Waals surface area (Å²) in [5, 5.41) is 0. The number of carbonyl (C=O) groups is 2. The Hall–Kier alpha value is -1.36. The first-order valence-corrected chi connectivity index (χ1v) is 8.41. The monoisotopic (exact) mass is 316 g/mol. The quantitative estimate of drug-likeness (QED) is 0.605. The largest absolute Gasteiger partial charge is 0.294 e. The van der Waals surface area contributed by atoms with Gasteiger partial charge in [-0.15, -0.1) is 18.5 Å². The van der Waals surface area contributed by atoms with E-state index < -0.39 is 0 Å². The minimum absolute atomic E-state index is 0.131. The van der Waals surface area contributed by atoms with E-state index in [2.05, 4.69) is 18.5 Å². The third kappa shape index (κ3) is 4.30. The standard InChI is InChI=1S/C17H18O2P2/c18-16(10-20)14-5-1-12(2-6-14)9-13-3-7-15(8-4-13)17(19)11-21/h1-8H,9-11,20-21H2. The maximum absolute atomic E-state index is 11.6. The van der Waals surface area contributed by atoms with Crippen molar-refractivity contribution in [3.8, 4) is 0 Å². The minimum atomic E-state index is 0.131. The minimum Gasteiger partial charge on any atom is -0.294 e. The average Bonchev–Trinajstić information content (AvgIpc) is 2.55. The summed E-state index contributed by atoms with van der Waals surface area (Å²) in [5.41, 5.74) is 3.80. The van der Waals surface area contributed by atoms with Crippen LogP contribution >= 0.6 is 18.5 Å². The number of ketones is 2. The zero-order valence-corrected chi connectivity index (χ0v) is 14.0. The maximum Gasteiger partial charge on any atom is 0.166 e. The van der Waals surface area contributed by atoms with Crippen LogP contribution in [-0.4, -0.2) is 23.9 Å². The third-order valence-corrected chi connectivity index (χ3v) is 4.07. The second-order valence-corrected chi connectivity index (χ2v) is 5.64. The summed E-state index contributed by atoms with van der Waals surface area (Å²) in [4.78, 5) is 23.1. The fraction of sp³-hybridized carbons (Fsp3) is 0.176. The van der Waals surface area contributed by atoms with Gasteiger partial charge in [0.2, 0.25) is 0 Å². The van der Waals surface area contributed by atoms with E-state index in [1.54, 1.807) is 0 Å². The van der Waals surface area contributed by atoms with Gasteiger partial charge in [0.1, 0.15) is 0 Å². The Morgan fingerprint density at radius 3 is 1.29 bits per heavy atom. The van der Waals surface area contributed by atoms with Crippen LogP contribution in [0.15, 0.2) is 48.5 Å². The molecule has 2 rings (SSSR count). The molecule has 0 aliphatic rings. The molecule has 2 atom stereocenters. The number of hydrogen-bond donors (Lipinski definition) is 0. The summed E-state index contributed by atoms with van der Waals surface area (Å²) in [6, 6.07) is 15.4. The van der Waals surface area contributed by atoms with Crippen molar-refractivity contribution in [2.75, 3.05) is 12.3 Å². The van der Waals surface area contributed by atoms with Gasteiger partial charge in [-0.2, -0.15) is 0 Å². The van der Waals surface area contributed by atoms with Crippen molar-refractivity contribution in [3.63, 3.8) is 0 Å². The molecule has 0 saturated carbocycles. The molecular formula is C17H18O2P2. The second kappa shape index (κ2) is 7.59. The first-order valence-electron chi connectivity index (χ1n) is 6.78. The summed E-state index contributed by atoms with van der Waals surface area (Å²) < 4.78 is 0. The van der Waals surface area contributed by atoms with Gasteiger partial charge in [0.25, 0.3) is 0 Å². The zero-order valence-electron chi connectivity index (χ0n) is 11.7. The molecule has 0 bridgehead atoms. The van der Waals surface area contributed by atoms with Crippen molar-refractivity contribution in [2.45, 2.75) is 6.42 Å². The van der Waals surface area contributed by atoms with Crippen molar-refractivity contribution >= 4 is 30.0 Å². The smallest absolute Gasteiger partial charge is 0.166 e. The first kappa shape index (κ1) is 16.0. The fourth-order valence-corrected chi connectivity index (χ4v) is 2.56. The molecule has 0 amide bonds. The highest BCUT2D eigenvalue weighted by molar-refractivity contribution is 7.18. The predicted molar refractivity (Wildman–Crippen MR) is 93.5 cm³/mol. The lowest BCUT2D eigenvalue weighted by molar-refractivity contribution is 0.101. The summed E-state index contributed by atoms with van der Waals surface area (Å²) in [5.74, 6) is 0.263. The molecule has 0 fully saturated rings. The van der Waals surface area contributed by atoms with E-state index in [1.165, 1.54) is 0 Å². The topological polar surface area (TPSA) is 34.1 Å². The Balaban J connectivity index is 2.08. The first-order chi connectivity index (χ1) is 10.1. The summed E-state index contributed by atoms with van der Waals surface area (Å²) in [7, 11) is 4.89. The lowest BCUT2D eigenvalue weighted by atomic mass is 10.0. The summed E-state index contributed by atoms with van der Waals surface area (Å²) in [6.45, 7) is 0. The number of rotatable bonds is 6. The van der Waals surface area contributed by atoms with E-state index in [-0.39, 0.29) is 11.6 Å². The van der Waals surface area contributed by atoms with Gasteiger partial charge in [0.15, 0.2) is 11.6 Å². The normalized spacial score (nSPS) is 10.4. The highest BCUT2D eigenvalue weighted by atomic mass is 31.0. The molecule has 0 saturated heterocycles. The Bertz CT molecular complexity index is 573. The van der Waals surface area contributed by atoms with Crippen molar-refractivity contribution in [2.24, 2.45) is 0 Å². The van der Waals surface area contributed by atoms with Gasteiger partial charge in [0.05, 0.1) is 0 Å². The van der Waals surface area contributed by atoms with Crippen LogP contribution in [-0.2, 0) is 6.42 Å². The Kier molecular flexibility index (Phi) is 5.79. The van der Waals surface area contributed by atoms with E-state index in [0.29, 0.717) is 12.3 Å². The molecule has 0 heterocycles. The third-order valence-electron chi connectivity index (χ3n) is 3.33. The summed E-state index contributed by atoms with van der Waals surface area (Å²) in [6.07, 6.45) is 1.69. The predicted octanol–water partition coefficient (Wildman–Crippen LogP) is 3.39. The van der Waals surface area contributed by atoms with Gasteiger partial charge >= 0.3 is 0 Å². The molecule has 0 N–H and O–H groups in total. The molecule has 0 spiro atoms. The van der Waals surface area contributed by atoms with Crippen molar-refractivity contribution < 1.29 is 9.59 Å². The number of benzene rings is 2. The zero-order chi connectivity index (χ0) is 15.2. The van der Waals surface area contributed by atoms with Gasteiger partial charge in [-0.05, 0) is 17.5 Å². The molecule has 108 valence electrons. The highest BCUT2D eigenvalue weighted by Crippen LogP contribution is 2.13. The molecule has 4 heteroatoms. The molecule has 0 aliphatic heterocycles. The van der Waals surface area contributed by atoms with Gasteiger partial charge in [-0.25, -0.2) is 0 Å². The van der Waals surface area contributed by atoms with E-state index in [0.717, 1.165) is 28.7 Å². The van der Waals surface area contributed by atoms with E-state index in [1.807, 2.05) is 48.5 Å². The molecule has 0 radical (unpaired) electrons. The lowest BCUT2D eigenvalue weighted by Crippen LogP contribution is -2.01. The molecule has 0 aliphatic carbocycles. The number of carbonyl (C=O) groups excluding carboxylic acids is 2. The molecule has 2 nitrogen and oxygen atoms in total. The van der Waals surface area contributed by atoms with E-state index in [4.69, 9.17) is 0 Å². The van der Waals surface area contributed by atoms with Crippen molar-refractivity contribution in [3.05, 3.63) is 70.8 Å². The van der Waals surface area contributed by atoms with Gasteiger partial charge in [-0.1, -0.05) is 48.5 Å². The van der Waals surface area contributed by atoms with Crippen LogP contribution < -0.4 is 0 Å². The lowest BCUT2D eigenvalue weighted by Gasteiger charge is -2.05. The number of Topliss-reactive ketones (excluding diaryl/α,β-unsaturated/α-hetero) is 2.